The number of hydrogen-bond acceptors (Lipinski definition) is 3. The van der Waals surface area contributed by atoms with Crippen molar-refractivity contribution in [2.75, 3.05) is 11.9 Å². The van der Waals surface area contributed by atoms with E-state index in [0.717, 1.165) is 31.5 Å². The van der Waals surface area contributed by atoms with E-state index in [1.54, 1.807) is 6.20 Å². The molecule has 1 aromatic heterocycles. The summed E-state index contributed by atoms with van der Waals surface area (Å²) in [5.41, 5.74) is 2.38. The lowest BCUT2D eigenvalue weighted by atomic mass is 9.98. The number of amides is 1. The van der Waals surface area contributed by atoms with Gasteiger partial charge in [0.25, 0.3) is 0 Å². The van der Waals surface area contributed by atoms with Crippen LogP contribution < -0.4 is 10.6 Å². The molecule has 1 amide bonds. The molecule has 0 spiro atoms. The Bertz CT molecular complexity index is 594. The predicted octanol–water partition coefficient (Wildman–Crippen LogP) is 1.82. The average Bonchev–Trinajstić information content (AvgIpc) is 3.04. The molecule has 2 heterocycles. The van der Waals surface area contributed by atoms with E-state index in [4.69, 9.17) is 0 Å². The van der Waals surface area contributed by atoms with Crippen molar-refractivity contribution >= 4 is 11.6 Å². The monoisotopic (exact) mass is 284 g/mol. The molecule has 1 unspecified atom stereocenters. The molecule has 0 saturated heterocycles. The number of hydrogen-bond donors (Lipinski definition) is 2. The molecule has 0 fully saturated rings. The summed E-state index contributed by atoms with van der Waals surface area (Å²) in [5.74, 6) is 0.0879. The van der Waals surface area contributed by atoms with Gasteiger partial charge in [0, 0.05) is 31.2 Å². The smallest absolute Gasteiger partial charge is 0.242 e. The lowest BCUT2D eigenvalue weighted by molar-refractivity contribution is -0.122. The Labute approximate surface area is 124 Å². The summed E-state index contributed by atoms with van der Waals surface area (Å²) in [6.07, 6.45) is 6.39. The van der Waals surface area contributed by atoms with Crippen LogP contribution in [0.3, 0.4) is 0 Å². The van der Waals surface area contributed by atoms with E-state index in [9.17, 15) is 4.79 Å². The molecule has 5 heteroatoms. The standard InChI is InChI=1S/C16H20N4O/c21-16(17-9-3-11-20-12-4-10-18-20)15-8-7-13-5-1-2-6-14(13)19-15/h1-2,4-6,10,12,15,19H,3,7-9,11H2,(H,17,21). The first kappa shape index (κ1) is 13.7. The van der Waals surface area contributed by atoms with Crippen molar-refractivity contribution in [2.45, 2.75) is 31.8 Å². The maximum absolute atomic E-state index is 12.2. The fourth-order valence-electron chi connectivity index (χ4n) is 2.64. The van der Waals surface area contributed by atoms with Crippen LogP contribution in [0.5, 0.6) is 0 Å². The summed E-state index contributed by atoms with van der Waals surface area (Å²) in [4.78, 5) is 12.2. The van der Waals surface area contributed by atoms with Gasteiger partial charge in [-0.3, -0.25) is 9.48 Å². The van der Waals surface area contributed by atoms with Crippen LogP contribution in [0.4, 0.5) is 5.69 Å². The van der Waals surface area contributed by atoms with Gasteiger partial charge in [-0.1, -0.05) is 18.2 Å². The van der Waals surface area contributed by atoms with Gasteiger partial charge in [-0.15, -0.1) is 0 Å². The topological polar surface area (TPSA) is 59.0 Å². The van der Waals surface area contributed by atoms with Crippen molar-refractivity contribution in [3.8, 4) is 0 Å². The number of carbonyl (C=O) groups is 1. The fraction of sp³-hybridized carbons (Fsp3) is 0.375. The van der Waals surface area contributed by atoms with E-state index in [0.29, 0.717) is 6.54 Å². The van der Waals surface area contributed by atoms with Crippen molar-refractivity contribution in [2.24, 2.45) is 0 Å². The summed E-state index contributed by atoms with van der Waals surface area (Å²) in [6, 6.07) is 9.96. The molecule has 0 aliphatic carbocycles. The molecule has 1 aliphatic heterocycles. The Morgan fingerprint density at radius 3 is 3.14 bits per heavy atom. The van der Waals surface area contributed by atoms with Crippen molar-refractivity contribution in [3.63, 3.8) is 0 Å². The van der Waals surface area contributed by atoms with E-state index in [1.165, 1.54) is 5.56 Å². The molecule has 1 aromatic carbocycles. The van der Waals surface area contributed by atoms with E-state index in [-0.39, 0.29) is 11.9 Å². The van der Waals surface area contributed by atoms with Crippen LogP contribution in [0.2, 0.25) is 0 Å². The third-order valence-corrected chi connectivity index (χ3v) is 3.79. The maximum Gasteiger partial charge on any atom is 0.242 e. The number of carbonyl (C=O) groups excluding carboxylic acids is 1. The van der Waals surface area contributed by atoms with Gasteiger partial charge in [0.05, 0.1) is 0 Å². The van der Waals surface area contributed by atoms with Crippen LogP contribution in [-0.4, -0.2) is 28.3 Å². The van der Waals surface area contributed by atoms with Gasteiger partial charge in [0.2, 0.25) is 5.91 Å². The van der Waals surface area contributed by atoms with Crippen LogP contribution in [-0.2, 0) is 17.8 Å². The second kappa shape index (κ2) is 6.43. The van der Waals surface area contributed by atoms with Crippen molar-refractivity contribution in [1.82, 2.24) is 15.1 Å². The molecular formula is C16H20N4O. The second-order valence-electron chi connectivity index (χ2n) is 5.31. The minimum atomic E-state index is -0.121. The molecule has 5 nitrogen and oxygen atoms in total. The number of fused-ring (bicyclic) bond motifs is 1. The number of benzene rings is 1. The first-order valence-corrected chi connectivity index (χ1v) is 7.42. The van der Waals surface area contributed by atoms with Crippen molar-refractivity contribution in [1.29, 1.82) is 0 Å². The third kappa shape index (κ3) is 3.42. The molecule has 0 saturated carbocycles. The Kier molecular flexibility index (Phi) is 4.19. The normalized spacial score (nSPS) is 16.9. The number of anilines is 1. The van der Waals surface area contributed by atoms with Gasteiger partial charge >= 0.3 is 0 Å². The van der Waals surface area contributed by atoms with Crippen LogP contribution in [0.25, 0.3) is 0 Å². The molecule has 1 aliphatic rings. The molecule has 110 valence electrons. The third-order valence-electron chi connectivity index (χ3n) is 3.79. The van der Waals surface area contributed by atoms with Crippen LogP contribution in [0.1, 0.15) is 18.4 Å². The SMILES string of the molecule is O=C(NCCCn1cccn1)C1CCc2ccccc2N1. The van der Waals surface area contributed by atoms with Gasteiger partial charge in [-0.05, 0) is 37.0 Å². The van der Waals surface area contributed by atoms with Gasteiger partial charge in [0.15, 0.2) is 0 Å². The van der Waals surface area contributed by atoms with Crippen LogP contribution in [0.15, 0.2) is 42.7 Å². The summed E-state index contributed by atoms with van der Waals surface area (Å²) < 4.78 is 1.88. The predicted molar refractivity (Wildman–Crippen MR) is 82.0 cm³/mol. The Balaban J connectivity index is 1.44. The average molecular weight is 284 g/mol. The summed E-state index contributed by atoms with van der Waals surface area (Å²) >= 11 is 0. The highest BCUT2D eigenvalue weighted by atomic mass is 16.2. The molecule has 1 atom stereocenters. The zero-order valence-electron chi connectivity index (χ0n) is 12.0. The second-order valence-corrected chi connectivity index (χ2v) is 5.31. The highest BCUT2D eigenvalue weighted by molar-refractivity contribution is 5.85. The highest BCUT2D eigenvalue weighted by Crippen LogP contribution is 2.24. The van der Waals surface area contributed by atoms with E-state index in [1.807, 2.05) is 35.1 Å². The molecule has 21 heavy (non-hydrogen) atoms. The lowest BCUT2D eigenvalue weighted by Crippen LogP contribution is -2.42. The number of aromatic nitrogens is 2. The zero-order chi connectivity index (χ0) is 14.5. The van der Waals surface area contributed by atoms with Gasteiger partial charge in [-0.2, -0.15) is 5.10 Å². The van der Waals surface area contributed by atoms with Crippen LogP contribution in [0, 0.1) is 0 Å². The lowest BCUT2D eigenvalue weighted by Gasteiger charge is -2.26. The van der Waals surface area contributed by atoms with Gasteiger partial charge < -0.3 is 10.6 Å². The van der Waals surface area contributed by atoms with Crippen molar-refractivity contribution < 1.29 is 4.79 Å². The van der Waals surface area contributed by atoms with Gasteiger partial charge in [-0.25, -0.2) is 0 Å². The largest absolute Gasteiger partial charge is 0.373 e. The van der Waals surface area contributed by atoms with Gasteiger partial charge in [0.1, 0.15) is 6.04 Å². The Morgan fingerprint density at radius 2 is 2.29 bits per heavy atom. The number of nitrogens with one attached hydrogen (secondary N) is 2. The minimum absolute atomic E-state index is 0.0879. The molecule has 0 radical (unpaired) electrons. The van der Waals surface area contributed by atoms with E-state index < -0.39 is 0 Å². The van der Waals surface area contributed by atoms with Crippen LogP contribution >= 0.6 is 0 Å². The van der Waals surface area contributed by atoms with E-state index >= 15 is 0 Å². The zero-order valence-corrected chi connectivity index (χ0v) is 12.0. The molecule has 3 rings (SSSR count). The van der Waals surface area contributed by atoms with Crippen molar-refractivity contribution in [3.05, 3.63) is 48.3 Å². The number of nitrogens with zero attached hydrogens (tertiary/aromatic N) is 2. The number of para-hydroxylation sites is 1. The summed E-state index contributed by atoms with van der Waals surface area (Å²) in [5, 5.41) is 10.5. The first-order valence-electron chi connectivity index (χ1n) is 7.42. The Hall–Kier alpha value is -2.30. The quantitative estimate of drug-likeness (QED) is 0.823. The molecular weight excluding hydrogens is 264 g/mol. The molecule has 2 aromatic rings. The number of aryl methyl sites for hydroxylation is 2. The minimum Gasteiger partial charge on any atom is -0.373 e. The summed E-state index contributed by atoms with van der Waals surface area (Å²) in [6.45, 7) is 1.51. The van der Waals surface area contributed by atoms with E-state index in [2.05, 4.69) is 21.8 Å². The fourth-order valence-corrected chi connectivity index (χ4v) is 2.64. The summed E-state index contributed by atoms with van der Waals surface area (Å²) in [7, 11) is 0. The molecule has 2 N–H and O–H groups in total. The Morgan fingerprint density at radius 1 is 1.38 bits per heavy atom. The molecule has 0 bridgehead atoms. The highest BCUT2D eigenvalue weighted by Gasteiger charge is 2.22. The first-order chi connectivity index (χ1) is 10.3. The number of rotatable bonds is 5. The maximum atomic E-state index is 12.2.